The highest BCUT2D eigenvalue weighted by Crippen LogP contribution is 2.35. The first-order valence-electron chi connectivity index (χ1n) is 11.0. The molecule has 0 unspecified atom stereocenters. The van der Waals surface area contributed by atoms with Crippen molar-refractivity contribution in [3.8, 4) is 5.75 Å². The first-order chi connectivity index (χ1) is 16.2. The van der Waals surface area contributed by atoms with Crippen LogP contribution in [0.2, 0.25) is 0 Å². The molecule has 5 heteroatoms. The maximum absolute atomic E-state index is 14.2. The number of anilines is 1. The first kappa shape index (κ1) is 21.2. The summed E-state index contributed by atoms with van der Waals surface area (Å²) in [5.74, 6) is 0.479. The van der Waals surface area contributed by atoms with Gasteiger partial charge in [-0.3, -0.25) is 9.69 Å². The number of aryl methyl sites for hydroxylation is 1. The van der Waals surface area contributed by atoms with Gasteiger partial charge in [0.15, 0.2) is 5.13 Å². The lowest BCUT2D eigenvalue weighted by atomic mass is 10.0. The lowest BCUT2D eigenvalue weighted by Crippen LogP contribution is -2.31. The van der Waals surface area contributed by atoms with Crippen LogP contribution in [0.25, 0.3) is 21.0 Å². The minimum absolute atomic E-state index is 0.115. The maximum atomic E-state index is 14.2. The number of rotatable bonds is 6. The summed E-state index contributed by atoms with van der Waals surface area (Å²) in [6.45, 7) is 4.89. The molecule has 0 saturated carbocycles. The Kier molecular flexibility index (Phi) is 5.80. The number of benzene rings is 4. The topological polar surface area (TPSA) is 42.4 Å². The SMILES string of the molecule is CCOc1ccc2ccccc2c1C(=O)N(Cc1ccccc1)c1nc2c(C)cccc2s1. The third-order valence-electron chi connectivity index (χ3n) is 5.67. The Morgan fingerprint density at radius 1 is 0.939 bits per heavy atom. The van der Waals surface area contributed by atoms with Gasteiger partial charge in [0.05, 0.1) is 28.9 Å². The van der Waals surface area contributed by atoms with E-state index in [-0.39, 0.29) is 5.91 Å². The third kappa shape index (κ3) is 4.08. The van der Waals surface area contributed by atoms with Crippen molar-refractivity contribution in [1.29, 1.82) is 0 Å². The molecule has 1 amide bonds. The fourth-order valence-corrected chi connectivity index (χ4v) is 5.11. The van der Waals surface area contributed by atoms with Crippen LogP contribution < -0.4 is 9.64 Å². The lowest BCUT2D eigenvalue weighted by Gasteiger charge is -2.22. The van der Waals surface area contributed by atoms with Crippen LogP contribution in [0, 0.1) is 6.92 Å². The molecule has 4 nitrogen and oxygen atoms in total. The van der Waals surface area contributed by atoms with Gasteiger partial charge in [0.25, 0.3) is 5.91 Å². The number of carbonyl (C=O) groups excluding carboxylic acids is 1. The number of amides is 1. The van der Waals surface area contributed by atoms with Crippen LogP contribution in [0.1, 0.15) is 28.4 Å². The highest BCUT2D eigenvalue weighted by Gasteiger charge is 2.26. The fraction of sp³-hybridized carbons (Fsp3) is 0.143. The molecule has 0 N–H and O–H groups in total. The Morgan fingerprint density at radius 3 is 2.52 bits per heavy atom. The van der Waals surface area contributed by atoms with Gasteiger partial charge in [-0.1, -0.05) is 84.1 Å². The van der Waals surface area contributed by atoms with E-state index < -0.39 is 0 Å². The van der Waals surface area contributed by atoms with E-state index in [1.165, 1.54) is 11.3 Å². The molecule has 1 aromatic heterocycles. The molecule has 0 fully saturated rings. The Balaban J connectivity index is 1.69. The van der Waals surface area contributed by atoms with Crippen molar-refractivity contribution in [2.45, 2.75) is 20.4 Å². The molecule has 164 valence electrons. The molecule has 0 spiro atoms. The molecule has 0 radical (unpaired) electrons. The van der Waals surface area contributed by atoms with E-state index in [0.29, 0.717) is 29.6 Å². The monoisotopic (exact) mass is 452 g/mol. The van der Waals surface area contributed by atoms with Crippen LogP contribution in [0.4, 0.5) is 5.13 Å². The van der Waals surface area contributed by atoms with E-state index in [1.54, 1.807) is 4.90 Å². The predicted molar refractivity (Wildman–Crippen MR) is 136 cm³/mol. The minimum atomic E-state index is -0.115. The van der Waals surface area contributed by atoms with Crippen LogP contribution in [-0.2, 0) is 6.54 Å². The summed E-state index contributed by atoms with van der Waals surface area (Å²) >= 11 is 1.54. The number of para-hydroxylation sites is 1. The van der Waals surface area contributed by atoms with Gasteiger partial charge in [-0.05, 0) is 47.9 Å². The number of ether oxygens (including phenoxy) is 1. The molecule has 0 atom stereocenters. The molecule has 0 aliphatic rings. The fourth-order valence-electron chi connectivity index (χ4n) is 4.07. The van der Waals surface area contributed by atoms with Gasteiger partial charge in [-0.25, -0.2) is 4.98 Å². The van der Waals surface area contributed by atoms with Gasteiger partial charge in [0.2, 0.25) is 0 Å². The average molecular weight is 453 g/mol. The summed E-state index contributed by atoms with van der Waals surface area (Å²) in [5.41, 5.74) is 3.65. The zero-order chi connectivity index (χ0) is 22.8. The number of hydrogen-bond donors (Lipinski definition) is 0. The quantitative estimate of drug-likeness (QED) is 0.278. The lowest BCUT2D eigenvalue weighted by molar-refractivity contribution is 0.0983. The number of fused-ring (bicyclic) bond motifs is 2. The average Bonchev–Trinajstić information content (AvgIpc) is 3.28. The summed E-state index contributed by atoms with van der Waals surface area (Å²) in [4.78, 5) is 20.9. The van der Waals surface area contributed by atoms with E-state index in [2.05, 4.69) is 6.07 Å². The highest BCUT2D eigenvalue weighted by molar-refractivity contribution is 7.22. The summed E-state index contributed by atoms with van der Waals surface area (Å²) in [6, 6.07) is 28.0. The maximum Gasteiger partial charge on any atom is 0.264 e. The van der Waals surface area contributed by atoms with E-state index in [9.17, 15) is 4.79 Å². The molecule has 0 aliphatic carbocycles. The van der Waals surface area contributed by atoms with Crippen molar-refractivity contribution in [2.24, 2.45) is 0 Å². The minimum Gasteiger partial charge on any atom is -0.493 e. The van der Waals surface area contributed by atoms with Gasteiger partial charge in [0.1, 0.15) is 5.75 Å². The molecule has 0 aliphatic heterocycles. The molecule has 5 aromatic rings. The van der Waals surface area contributed by atoms with Crippen LogP contribution in [0.3, 0.4) is 0 Å². The molecule has 4 aromatic carbocycles. The molecule has 33 heavy (non-hydrogen) atoms. The normalized spacial score (nSPS) is 11.1. The number of thiazole rings is 1. The number of carbonyl (C=O) groups is 1. The standard InChI is InChI=1S/C28H24N2O2S/c1-3-32-23-17-16-21-13-7-8-14-22(21)25(23)27(31)30(18-20-11-5-4-6-12-20)28-29-26-19(2)10-9-15-24(26)33-28/h4-17H,3,18H2,1-2H3. The second-order valence-electron chi connectivity index (χ2n) is 7.89. The largest absolute Gasteiger partial charge is 0.493 e. The molecule has 0 bridgehead atoms. The van der Waals surface area contributed by atoms with Crippen molar-refractivity contribution >= 4 is 43.4 Å². The van der Waals surface area contributed by atoms with Crippen molar-refractivity contribution in [1.82, 2.24) is 4.98 Å². The second-order valence-corrected chi connectivity index (χ2v) is 8.90. The molecular weight excluding hydrogens is 428 g/mol. The van der Waals surface area contributed by atoms with Crippen molar-refractivity contribution in [3.63, 3.8) is 0 Å². The van der Waals surface area contributed by atoms with E-state index in [4.69, 9.17) is 9.72 Å². The predicted octanol–water partition coefficient (Wildman–Crippen LogP) is 7.00. The smallest absolute Gasteiger partial charge is 0.264 e. The molecule has 1 heterocycles. The molecule has 0 saturated heterocycles. The number of nitrogens with zero attached hydrogens (tertiary/aromatic N) is 2. The Labute approximate surface area is 197 Å². The van der Waals surface area contributed by atoms with Gasteiger partial charge in [0, 0.05) is 0 Å². The summed E-state index contributed by atoms with van der Waals surface area (Å²) in [7, 11) is 0. The van der Waals surface area contributed by atoms with E-state index >= 15 is 0 Å². The van der Waals surface area contributed by atoms with Gasteiger partial charge < -0.3 is 4.74 Å². The molecular formula is C28H24N2O2S. The Hall–Kier alpha value is -3.70. The van der Waals surface area contributed by atoms with Crippen LogP contribution in [-0.4, -0.2) is 17.5 Å². The van der Waals surface area contributed by atoms with Gasteiger partial charge in [-0.15, -0.1) is 0 Å². The summed E-state index contributed by atoms with van der Waals surface area (Å²) in [5, 5.41) is 2.57. The van der Waals surface area contributed by atoms with Gasteiger partial charge in [-0.2, -0.15) is 0 Å². The van der Waals surface area contributed by atoms with Crippen molar-refractivity contribution in [2.75, 3.05) is 11.5 Å². The Morgan fingerprint density at radius 2 is 1.73 bits per heavy atom. The first-order valence-corrected chi connectivity index (χ1v) is 11.8. The molecule has 5 rings (SSSR count). The summed E-state index contributed by atoms with van der Waals surface area (Å²) in [6.07, 6.45) is 0. The number of aromatic nitrogens is 1. The van der Waals surface area contributed by atoms with Crippen LogP contribution in [0.5, 0.6) is 5.75 Å². The van der Waals surface area contributed by atoms with Crippen molar-refractivity contribution in [3.05, 3.63) is 102 Å². The summed E-state index contributed by atoms with van der Waals surface area (Å²) < 4.78 is 6.98. The highest BCUT2D eigenvalue weighted by atomic mass is 32.1. The van der Waals surface area contributed by atoms with Gasteiger partial charge >= 0.3 is 0 Å². The second kappa shape index (κ2) is 9.04. The number of hydrogen-bond acceptors (Lipinski definition) is 4. The van der Waals surface area contributed by atoms with Crippen LogP contribution in [0.15, 0.2) is 84.9 Å². The third-order valence-corrected chi connectivity index (χ3v) is 6.72. The van der Waals surface area contributed by atoms with Crippen LogP contribution >= 0.6 is 11.3 Å². The Bertz CT molecular complexity index is 1440. The van der Waals surface area contributed by atoms with E-state index in [1.807, 2.05) is 92.7 Å². The van der Waals surface area contributed by atoms with E-state index in [0.717, 1.165) is 32.1 Å². The zero-order valence-electron chi connectivity index (χ0n) is 18.6. The zero-order valence-corrected chi connectivity index (χ0v) is 19.4. The van der Waals surface area contributed by atoms with Crippen molar-refractivity contribution < 1.29 is 9.53 Å².